The molecule has 9 amide bonds. The number of aliphatic hydroxyl groups excluding tert-OH is 3. The summed E-state index contributed by atoms with van der Waals surface area (Å²) in [6.45, 7) is 4.78. The van der Waals surface area contributed by atoms with Crippen LogP contribution in [0.5, 0.6) is 0 Å². The van der Waals surface area contributed by atoms with Crippen molar-refractivity contribution in [3.05, 3.63) is 108 Å². The first-order valence-corrected chi connectivity index (χ1v) is 30.1. The van der Waals surface area contributed by atoms with E-state index in [0.29, 0.717) is 24.0 Å². The number of unbranched alkanes of at least 4 members (excludes halogenated alkanes) is 1. The summed E-state index contributed by atoms with van der Waals surface area (Å²) < 4.78 is 31.7. The average molecular weight is 1280 g/mol. The van der Waals surface area contributed by atoms with E-state index in [-0.39, 0.29) is 67.3 Å². The van der Waals surface area contributed by atoms with E-state index in [1.165, 1.54) is 27.7 Å². The molecule has 4 rings (SSSR count). The minimum atomic E-state index is -5.08. The molecule has 484 valence electrons. The van der Waals surface area contributed by atoms with Crippen molar-refractivity contribution in [2.45, 2.75) is 133 Å². The molecular weight excluding hydrogens is 1200 g/mol. The Hall–Kier alpha value is -7.81. The zero-order valence-corrected chi connectivity index (χ0v) is 50.5. The zero-order chi connectivity index (χ0) is 65.5. The molecule has 88 heavy (non-hydrogen) atoms. The van der Waals surface area contributed by atoms with Crippen LogP contribution in [-0.2, 0) is 67.2 Å². The van der Waals surface area contributed by atoms with Crippen molar-refractivity contribution in [2.75, 3.05) is 36.4 Å². The molecule has 0 bridgehead atoms. The van der Waals surface area contributed by atoms with Gasteiger partial charge in [0.1, 0.15) is 36.3 Å². The number of aromatic nitrogens is 1. The molecule has 18 N–H and O–H groups in total. The van der Waals surface area contributed by atoms with Gasteiger partial charge in [0, 0.05) is 55.3 Å². The molecule has 0 aliphatic carbocycles. The topological polar surface area (TPSA) is 428 Å². The van der Waals surface area contributed by atoms with Gasteiger partial charge in [-0.3, -0.25) is 43.2 Å². The van der Waals surface area contributed by atoms with Crippen molar-refractivity contribution in [1.29, 1.82) is 0 Å². The Morgan fingerprint density at radius 1 is 0.568 bits per heavy atom. The molecule has 0 fully saturated rings. The molecule has 3 aromatic carbocycles. The minimum Gasteiger partial charge on any atom is -0.475 e. The summed E-state index contributed by atoms with van der Waals surface area (Å²) in [6, 6.07) is 14.3. The van der Waals surface area contributed by atoms with Gasteiger partial charge in [0.25, 0.3) is 0 Å². The largest absolute Gasteiger partial charge is 0.490 e. The molecule has 31 heteroatoms. The number of aliphatic carboxylic acids is 1. The van der Waals surface area contributed by atoms with Gasteiger partial charge in [-0.05, 0) is 68.8 Å². The number of fused-ring (bicyclic) bond motifs is 1. The van der Waals surface area contributed by atoms with Crippen molar-refractivity contribution in [3.8, 4) is 0 Å². The summed E-state index contributed by atoms with van der Waals surface area (Å²) in [7, 11) is 0. The molecule has 0 saturated heterocycles. The Labute approximate surface area is 514 Å². The third kappa shape index (κ3) is 27.1. The second-order valence-electron chi connectivity index (χ2n) is 20.2. The molecular formula is C57H79F3N12O14S2. The number of benzene rings is 3. The highest BCUT2D eigenvalue weighted by Gasteiger charge is 2.39. The predicted molar refractivity (Wildman–Crippen MR) is 323 cm³/mol. The van der Waals surface area contributed by atoms with Crippen molar-refractivity contribution in [3.63, 3.8) is 0 Å². The maximum absolute atomic E-state index is 14.9. The quantitative estimate of drug-likeness (QED) is 0.0196. The Morgan fingerprint density at radius 2 is 1.01 bits per heavy atom. The Bertz CT molecular complexity index is 2910. The monoisotopic (exact) mass is 1280 g/mol. The first-order valence-electron chi connectivity index (χ1n) is 27.8. The van der Waals surface area contributed by atoms with Gasteiger partial charge in [-0.25, -0.2) is 4.79 Å². The number of alkyl halides is 3. The number of carboxylic acids is 1. The molecule has 1 aromatic heterocycles. The van der Waals surface area contributed by atoms with E-state index in [1.807, 2.05) is 36.4 Å². The number of carboxylic acid groups (broad SMARTS) is 1. The number of carbonyl (C=O) groups is 10. The molecule has 0 aliphatic heterocycles. The number of H-pyrrole nitrogens is 1. The maximum atomic E-state index is 14.9. The van der Waals surface area contributed by atoms with Crippen LogP contribution >= 0.6 is 23.5 Å². The highest BCUT2D eigenvalue weighted by molar-refractivity contribution is 7.99. The summed E-state index contributed by atoms with van der Waals surface area (Å²) in [5.41, 5.74) is 14.9. The fourth-order valence-corrected chi connectivity index (χ4v) is 9.94. The summed E-state index contributed by atoms with van der Waals surface area (Å²) >= 11 is 2.20. The molecule has 4 aromatic rings. The fraction of sp³-hybridized carbons (Fsp3) is 0.474. The lowest BCUT2D eigenvalue weighted by atomic mass is 10.0. The lowest BCUT2D eigenvalue weighted by Crippen LogP contribution is -2.62. The van der Waals surface area contributed by atoms with Crippen LogP contribution in [-0.4, -0.2) is 188 Å². The number of carbonyl (C=O) groups excluding carboxylic acids is 9. The van der Waals surface area contributed by atoms with Gasteiger partial charge >= 0.3 is 12.1 Å². The van der Waals surface area contributed by atoms with E-state index in [0.717, 1.165) is 40.0 Å². The van der Waals surface area contributed by atoms with E-state index in [9.17, 15) is 71.6 Å². The van der Waals surface area contributed by atoms with Gasteiger partial charge in [0.05, 0.1) is 42.7 Å². The summed E-state index contributed by atoms with van der Waals surface area (Å²) in [5.74, 6) is -9.28. The summed E-state index contributed by atoms with van der Waals surface area (Å²) in [5, 5.41) is 62.4. The molecule has 0 radical (unpaired) electrons. The Morgan fingerprint density at radius 3 is 1.50 bits per heavy atom. The van der Waals surface area contributed by atoms with E-state index in [4.69, 9.17) is 21.4 Å². The third-order valence-corrected chi connectivity index (χ3v) is 14.8. The minimum absolute atomic E-state index is 0.0296. The molecule has 0 spiro atoms. The third-order valence-electron chi connectivity index (χ3n) is 13.0. The van der Waals surface area contributed by atoms with Gasteiger partial charge in [0.2, 0.25) is 53.2 Å². The second-order valence-corrected chi connectivity index (χ2v) is 22.3. The number of nitrogens with one attached hydrogen (secondary N) is 10. The van der Waals surface area contributed by atoms with Crippen LogP contribution in [0.25, 0.3) is 10.9 Å². The number of nitrogens with two attached hydrogens (primary N) is 2. The second kappa shape index (κ2) is 38.5. The molecule has 0 unspecified atom stereocenters. The maximum Gasteiger partial charge on any atom is 0.490 e. The van der Waals surface area contributed by atoms with Crippen molar-refractivity contribution >= 4 is 93.6 Å². The van der Waals surface area contributed by atoms with Gasteiger partial charge < -0.3 is 84.7 Å². The number of rotatable bonds is 35. The van der Waals surface area contributed by atoms with Gasteiger partial charge in [0.15, 0.2) is 0 Å². The molecule has 26 nitrogen and oxygen atoms in total. The number of halogens is 3. The van der Waals surface area contributed by atoms with Crippen molar-refractivity contribution < 1.29 is 81.5 Å². The van der Waals surface area contributed by atoms with Gasteiger partial charge in [-0.15, -0.1) is 23.5 Å². The van der Waals surface area contributed by atoms with Crippen molar-refractivity contribution in [1.82, 2.24) is 52.8 Å². The van der Waals surface area contributed by atoms with Crippen LogP contribution in [0.2, 0.25) is 0 Å². The predicted octanol–water partition coefficient (Wildman–Crippen LogP) is -0.914. The van der Waals surface area contributed by atoms with Crippen molar-refractivity contribution in [2.24, 2.45) is 11.5 Å². The normalized spacial score (nSPS) is 14.6. The standard InChI is InChI=1S/C55H78N12O12S2.C2HF3O2/c1-32(69)45(27-68)64-54(78)47(29-81-31-60-35(4)72)66-55(79)48(33(2)70)67-50(74)42(21-13-14-22-56)61-52(76)44(25-38-26-58-41-20-12-11-19-39(38)41)63-51(75)43(24-37-17-9-6-10-18-37)62-53(77)46(28-80-30-59-34(3)71)65-49(73)40(57)23-36-15-7-5-8-16-36;3-2(4,5)1(6)7/h5-12,15-20,26,32-33,40,42-48,58,68-70H,13-14,21-25,27-31,56-57H2,1-4H3,(H,59,71)(H,60,72)(H,61,76)(H,62,77)(H,63,75)(H,64,78)(H,65,73)(H,66,79)(H,67,74);(H,6,7)/t32-,33-,40-,42+,43+,44-,45-,46+,47+,48+;/m1./s1. The van der Waals surface area contributed by atoms with Gasteiger partial charge in [-0.1, -0.05) is 78.9 Å². The van der Waals surface area contributed by atoms with Gasteiger partial charge in [-0.2, -0.15) is 13.2 Å². The summed E-state index contributed by atoms with van der Waals surface area (Å²) in [6.07, 6.45) is -5.55. The number of aliphatic hydroxyl groups is 3. The fourth-order valence-electron chi connectivity index (χ4n) is 8.15. The SMILES string of the molecule is CC(=O)NCSC[C@H](NC(=O)[C@H](N)Cc1ccccc1)C(=O)N[C@@H](Cc1ccccc1)C(=O)N[C@H](Cc1c[nH]c2ccccc12)C(=O)N[C@@H](CCCCN)C(=O)N[C@H](C(=O)N[C@@H](CSCNC(C)=O)C(=O)N[C@H](CO)[C@@H](C)O)[C@@H](C)O.O=C(O)C(F)(F)F. The Balaban J connectivity index is 0.00000272. The molecule has 0 saturated carbocycles. The number of aromatic amines is 1. The van der Waals surface area contributed by atoms with Crippen LogP contribution in [0.3, 0.4) is 0 Å². The molecule has 1 heterocycles. The number of thioether (sulfide) groups is 2. The molecule has 0 aliphatic rings. The number of para-hydroxylation sites is 1. The van der Waals surface area contributed by atoms with Crippen LogP contribution in [0.1, 0.15) is 63.6 Å². The summed E-state index contributed by atoms with van der Waals surface area (Å²) in [4.78, 5) is 135. The number of hydrogen-bond donors (Lipinski definition) is 16. The smallest absolute Gasteiger partial charge is 0.475 e. The lowest BCUT2D eigenvalue weighted by molar-refractivity contribution is -0.192. The number of hydrogen-bond acceptors (Lipinski definition) is 17. The average Bonchev–Trinajstić information content (AvgIpc) is 4.07. The van der Waals surface area contributed by atoms with E-state index in [1.54, 1.807) is 54.7 Å². The van der Waals surface area contributed by atoms with E-state index >= 15 is 0 Å². The van der Waals surface area contributed by atoms with Crippen LogP contribution in [0.15, 0.2) is 91.1 Å². The first kappa shape index (κ1) is 74.4. The lowest BCUT2D eigenvalue weighted by Gasteiger charge is -2.29. The molecule has 10 atom stereocenters. The van der Waals surface area contributed by atoms with Crippen LogP contribution in [0.4, 0.5) is 13.2 Å². The van der Waals surface area contributed by atoms with Crippen LogP contribution < -0.4 is 59.3 Å². The number of amides is 9. The van der Waals surface area contributed by atoms with Crippen LogP contribution in [0, 0.1) is 0 Å². The highest BCUT2D eigenvalue weighted by Crippen LogP contribution is 2.20. The zero-order valence-electron chi connectivity index (χ0n) is 48.9. The first-order chi connectivity index (χ1) is 41.6. The Kier molecular flexibility index (Phi) is 32.5. The van der Waals surface area contributed by atoms with E-state index < -0.39 is 121 Å². The van der Waals surface area contributed by atoms with E-state index in [2.05, 4.69) is 52.8 Å². The highest BCUT2D eigenvalue weighted by atomic mass is 32.2.